The second-order valence-electron chi connectivity index (χ2n) is 8.81. The molecule has 3 aliphatic heterocycles. The number of anilines is 1. The lowest BCUT2D eigenvalue weighted by Crippen LogP contribution is -2.63. The van der Waals surface area contributed by atoms with E-state index in [9.17, 15) is 9.18 Å². The topological polar surface area (TPSA) is 61.8 Å². The molecule has 5 heterocycles. The molecule has 2 unspecified atom stereocenters. The van der Waals surface area contributed by atoms with E-state index in [4.69, 9.17) is 4.74 Å². The SMILES string of the molecule is O=C(N1CC(Oc2cccc3cnccc23)C1)N1CC2CCC(C1)N2c1ccc(F)cn1. The van der Waals surface area contributed by atoms with Gasteiger partial charge in [-0.25, -0.2) is 14.2 Å². The highest BCUT2D eigenvalue weighted by Gasteiger charge is 2.44. The van der Waals surface area contributed by atoms with Gasteiger partial charge in [-0.2, -0.15) is 0 Å². The molecule has 7 nitrogen and oxygen atoms in total. The lowest BCUT2D eigenvalue weighted by atomic mass is 10.1. The molecule has 0 spiro atoms. The van der Waals surface area contributed by atoms with Crippen molar-refractivity contribution in [2.75, 3.05) is 31.1 Å². The molecule has 2 aromatic heterocycles. The Morgan fingerprint density at radius 1 is 0.969 bits per heavy atom. The van der Waals surface area contributed by atoms with E-state index in [0.29, 0.717) is 26.2 Å². The summed E-state index contributed by atoms with van der Waals surface area (Å²) in [6.45, 7) is 2.53. The monoisotopic (exact) mass is 433 g/mol. The van der Waals surface area contributed by atoms with Crippen molar-refractivity contribution in [3.05, 3.63) is 60.8 Å². The molecular weight excluding hydrogens is 409 g/mol. The van der Waals surface area contributed by atoms with Gasteiger partial charge in [-0.1, -0.05) is 12.1 Å². The van der Waals surface area contributed by atoms with Crippen molar-refractivity contribution in [1.29, 1.82) is 0 Å². The number of nitrogens with zero attached hydrogens (tertiary/aromatic N) is 5. The van der Waals surface area contributed by atoms with Crippen LogP contribution in [0, 0.1) is 5.82 Å². The van der Waals surface area contributed by atoms with Crippen LogP contribution in [0.3, 0.4) is 0 Å². The Balaban J connectivity index is 1.08. The average Bonchev–Trinajstić information content (AvgIpc) is 3.05. The van der Waals surface area contributed by atoms with E-state index in [0.717, 1.165) is 35.2 Å². The van der Waals surface area contributed by atoms with E-state index in [2.05, 4.69) is 14.9 Å². The van der Waals surface area contributed by atoms with Gasteiger partial charge in [0, 0.05) is 48.3 Å². The molecule has 3 fully saturated rings. The highest BCUT2D eigenvalue weighted by molar-refractivity contribution is 5.87. The zero-order valence-electron chi connectivity index (χ0n) is 17.6. The molecule has 3 aromatic rings. The number of likely N-dealkylation sites (tertiary alicyclic amines) is 2. The number of pyridine rings is 2. The first-order valence-corrected chi connectivity index (χ1v) is 11.1. The van der Waals surface area contributed by atoms with E-state index in [1.807, 2.05) is 40.3 Å². The summed E-state index contributed by atoms with van der Waals surface area (Å²) >= 11 is 0. The van der Waals surface area contributed by atoms with Crippen LogP contribution in [0.4, 0.5) is 15.0 Å². The molecule has 164 valence electrons. The van der Waals surface area contributed by atoms with Crippen molar-refractivity contribution in [1.82, 2.24) is 19.8 Å². The zero-order valence-corrected chi connectivity index (χ0v) is 17.6. The number of rotatable bonds is 3. The van der Waals surface area contributed by atoms with Gasteiger partial charge in [-0.05, 0) is 37.1 Å². The quantitative estimate of drug-likeness (QED) is 0.634. The number of amides is 2. The minimum atomic E-state index is -0.329. The maximum atomic E-state index is 13.3. The first kappa shape index (κ1) is 19.3. The summed E-state index contributed by atoms with van der Waals surface area (Å²) in [7, 11) is 0. The molecule has 2 atom stereocenters. The smallest absolute Gasteiger partial charge is 0.320 e. The van der Waals surface area contributed by atoms with Crippen LogP contribution in [0.1, 0.15) is 12.8 Å². The minimum absolute atomic E-state index is 0.000795. The van der Waals surface area contributed by atoms with E-state index in [1.54, 1.807) is 12.3 Å². The van der Waals surface area contributed by atoms with Crippen LogP contribution >= 0.6 is 0 Å². The van der Waals surface area contributed by atoms with Crippen molar-refractivity contribution < 1.29 is 13.9 Å². The predicted molar refractivity (Wildman–Crippen MR) is 118 cm³/mol. The third kappa shape index (κ3) is 3.30. The number of hydrogen-bond donors (Lipinski definition) is 0. The predicted octanol–water partition coefficient (Wildman–Crippen LogP) is 3.31. The number of ether oxygens (including phenoxy) is 1. The van der Waals surface area contributed by atoms with Gasteiger partial charge < -0.3 is 19.4 Å². The molecule has 0 aliphatic carbocycles. The standard InChI is InChI=1S/C24H24FN5O2/c25-17-4-7-23(27-11-17)30-18-5-6-19(30)13-28(12-18)24(31)29-14-20(15-29)32-22-3-1-2-16-10-26-9-8-21(16)22/h1-4,7-11,18-20H,5-6,12-15H2. The molecule has 3 aliphatic rings. The molecule has 1 aromatic carbocycles. The average molecular weight is 433 g/mol. The van der Waals surface area contributed by atoms with Crippen LogP contribution in [-0.4, -0.2) is 70.2 Å². The molecule has 2 bridgehead atoms. The fourth-order valence-electron chi connectivity index (χ4n) is 5.20. The zero-order chi connectivity index (χ0) is 21.7. The summed E-state index contributed by atoms with van der Waals surface area (Å²) in [4.78, 5) is 27.6. The summed E-state index contributed by atoms with van der Waals surface area (Å²) in [6.07, 6.45) is 6.90. The fraction of sp³-hybridized carbons (Fsp3) is 0.375. The first-order valence-electron chi connectivity index (χ1n) is 11.1. The second-order valence-corrected chi connectivity index (χ2v) is 8.81. The number of hydrogen-bond acceptors (Lipinski definition) is 5. The third-order valence-corrected chi connectivity index (χ3v) is 6.78. The van der Waals surface area contributed by atoms with Gasteiger partial charge in [0.25, 0.3) is 0 Å². The van der Waals surface area contributed by atoms with Gasteiger partial charge in [-0.15, -0.1) is 0 Å². The van der Waals surface area contributed by atoms with E-state index in [-0.39, 0.29) is 30.0 Å². The summed E-state index contributed by atoms with van der Waals surface area (Å²) < 4.78 is 19.4. The number of urea groups is 1. The number of piperazine rings is 1. The second kappa shape index (κ2) is 7.62. The van der Waals surface area contributed by atoms with Gasteiger partial charge in [0.05, 0.1) is 19.3 Å². The molecule has 3 saturated heterocycles. The number of carbonyl (C=O) groups is 1. The van der Waals surface area contributed by atoms with Crippen LogP contribution in [0.15, 0.2) is 55.0 Å². The van der Waals surface area contributed by atoms with Crippen LogP contribution in [-0.2, 0) is 0 Å². The minimum Gasteiger partial charge on any atom is -0.486 e. The summed E-state index contributed by atoms with van der Waals surface area (Å²) in [5.74, 6) is 1.30. The van der Waals surface area contributed by atoms with Gasteiger partial charge >= 0.3 is 6.03 Å². The first-order chi connectivity index (χ1) is 15.7. The van der Waals surface area contributed by atoms with Crippen molar-refractivity contribution in [2.24, 2.45) is 0 Å². The van der Waals surface area contributed by atoms with Crippen molar-refractivity contribution in [3.63, 3.8) is 0 Å². The molecular formula is C24H24FN5O2. The Morgan fingerprint density at radius 2 is 1.75 bits per heavy atom. The van der Waals surface area contributed by atoms with Gasteiger partial charge in [0.2, 0.25) is 0 Å². The molecule has 0 radical (unpaired) electrons. The molecule has 0 saturated carbocycles. The van der Waals surface area contributed by atoms with Crippen LogP contribution < -0.4 is 9.64 Å². The third-order valence-electron chi connectivity index (χ3n) is 6.78. The Labute approximate surface area is 185 Å². The Morgan fingerprint density at radius 3 is 2.50 bits per heavy atom. The fourth-order valence-corrected chi connectivity index (χ4v) is 5.20. The summed E-state index contributed by atoms with van der Waals surface area (Å²) in [5.41, 5.74) is 0. The molecule has 0 N–H and O–H groups in total. The van der Waals surface area contributed by atoms with Gasteiger partial charge in [-0.3, -0.25) is 4.98 Å². The van der Waals surface area contributed by atoms with Crippen LogP contribution in [0.5, 0.6) is 5.75 Å². The number of aromatic nitrogens is 2. The maximum Gasteiger partial charge on any atom is 0.320 e. The Bertz CT molecular complexity index is 1130. The molecule has 8 heteroatoms. The molecule has 2 amide bonds. The van der Waals surface area contributed by atoms with E-state index >= 15 is 0 Å². The van der Waals surface area contributed by atoms with Crippen LogP contribution in [0.2, 0.25) is 0 Å². The number of benzene rings is 1. The summed E-state index contributed by atoms with van der Waals surface area (Å²) in [6, 6.07) is 11.6. The van der Waals surface area contributed by atoms with Crippen molar-refractivity contribution in [3.8, 4) is 5.75 Å². The van der Waals surface area contributed by atoms with Crippen LogP contribution in [0.25, 0.3) is 10.8 Å². The lowest BCUT2D eigenvalue weighted by Gasteiger charge is -2.46. The van der Waals surface area contributed by atoms with E-state index in [1.165, 1.54) is 12.3 Å². The summed E-state index contributed by atoms with van der Waals surface area (Å²) in [5, 5.41) is 2.08. The van der Waals surface area contributed by atoms with Crippen molar-refractivity contribution in [2.45, 2.75) is 31.0 Å². The largest absolute Gasteiger partial charge is 0.486 e. The number of halogens is 1. The molecule has 6 rings (SSSR count). The van der Waals surface area contributed by atoms with Gasteiger partial charge in [0.1, 0.15) is 23.5 Å². The lowest BCUT2D eigenvalue weighted by molar-refractivity contribution is 0.0293. The van der Waals surface area contributed by atoms with Gasteiger partial charge in [0.15, 0.2) is 0 Å². The Kier molecular flexibility index (Phi) is 4.59. The maximum absolute atomic E-state index is 13.3. The van der Waals surface area contributed by atoms with Crippen molar-refractivity contribution >= 4 is 22.6 Å². The number of carbonyl (C=O) groups excluding carboxylic acids is 1. The Hall–Kier alpha value is -3.42. The normalized spacial score (nSPS) is 22.8. The highest BCUT2D eigenvalue weighted by Crippen LogP contribution is 2.35. The molecule has 32 heavy (non-hydrogen) atoms. The highest BCUT2D eigenvalue weighted by atomic mass is 19.1. The number of fused-ring (bicyclic) bond motifs is 3. The van der Waals surface area contributed by atoms with E-state index < -0.39 is 0 Å².